The number of thiol groups is 1. The molecule has 0 saturated carbocycles. The molecule has 0 aromatic rings. The van der Waals surface area contributed by atoms with Crippen LogP contribution in [0.1, 0.15) is 29.1 Å². The second-order valence-corrected chi connectivity index (χ2v) is 27.9. The number of aliphatic hydroxyl groups is 1. The topological polar surface area (TPSA) is 166 Å². The van der Waals surface area contributed by atoms with Crippen LogP contribution in [0.25, 0.3) is 0 Å². The average Bonchev–Trinajstić information content (AvgIpc) is 0.765. The number of methoxy groups -OCH3 is 1. The molecule has 16 aliphatic rings. The number of Topliss-reactive ketones (excluding diaryl/α,β-unsaturated/α-hetero) is 4. The maximum atomic E-state index is 12.5. The number of carbonyl (C=O) groups excluding carboxylic acids is 8. The van der Waals surface area contributed by atoms with Crippen molar-refractivity contribution in [3.63, 3.8) is 0 Å². The predicted molar refractivity (Wildman–Crippen MR) is 402 cm³/mol. The van der Waals surface area contributed by atoms with Crippen molar-refractivity contribution < 1.29 is 199 Å². The van der Waals surface area contributed by atoms with E-state index in [4.69, 9.17) is 5.11 Å². The van der Waals surface area contributed by atoms with Crippen LogP contribution in [-0.2, 0) is 55.7 Å². The second kappa shape index (κ2) is 40.3. The number of hydrogen-bond acceptors (Lipinski definition) is 14. The molecule has 0 radical (unpaired) electrons. The number of rotatable bonds is 10. The molecule has 19 heteroatoms. The maximum absolute atomic E-state index is 12.5. The van der Waals surface area contributed by atoms with Gasteiger partial charge in [-0.3, -0.25) is 33.6 Å². The van der Waals surface area contributed by atoms with Gasteiger partial charge in [0.2, 0.25) is 0 Å². The van der Waals surface area contributed by atoms with Gasteiger partial charge in [-0.05, 0) is 96.1 Å². The number of aliphatic hydroxyl groups excluding tert-OH is 1. The van der Waals surface area contributed by atoms with Crippen molar-refractivity contribution >= 4 is 109 Å². The van der Waals surface area contributed by atoms with Crippen LogP contribution in [0.4, 0.5) is 0 Å². The smallest absolute Gasteiger partial charge is 1.00 e. The third-order valence-electron chi connectivity index (χ3n) is 18.6. The fraction of sp³-hybridized carbons (Fsp3) is 0.220. The third-order valence-corrected chi connectivity index (χ3v) is 21.0. The predicted octanol–water partition coefficient (Wildman–Crippen LogP) is 3.23. The van der Waals surface area contributed by atoms with Crippen molar-refractivity contribution in [3.05, 3.63) is 330 Å². The molecule has 0 fully saturated rings. The number of allylic oxidation sites excluding steroid dienone is 56. The zero-order valence-corrected chi connectivity index (χ0v) is 72.5. The van der Waals surface area contributed by atoms with E-state index in [-0.39, 0.29) is 224 Å². The minimum atomic E-state index is -0.250. The summed E-state index contributed by atoms with van der Waals surface area (Å²) in [4.78, 5) is 90.5. The molecule has 0 spiro atoms. The molecule has 0 heterocycles. The number of halogens is 2. The van der Waals surface area contributed by atoms with E-state index in [0.717, 1.165) is 69.6 Å². The standard InChI is InChI=1S/2C20H16O2S.C18H13BrO.C18H14OS.C3H6O2.C2H4OS.CH4O.BrH.2K.Na.H/c2*1-12(21)23-11-18(22)16-9-7-15-6-5-13-3-2-4-14-8-10-17(16)20(15)19(13)14;19-10-16(20)14-8-6-13-5-4-11-2-1-3-12-7-9-15(14)18(13)17(11)12;19-16(10-20)14-8-6-13-5-4-11-2-1-3-12-7-9-15(14)18(13)17(11)12;1-3(4)5-2;1-2(3)4;1-2;;;;;/h2*2-10,19-20H,11H2,1H3;1-9,17-18H,10H2;1-9,17-18,20H,10H2;1-2H3;1H3,(H,3,4);2H,1H3;1H;;;;/q;;;;;;;;3*+1;-1/p-2. The van der Waals surface area contributed by atoms with Crippen LogP contribution in [0, 0.1) is 47.3 Å². The molecule has 502 valence electrons. The van der Waals surface area contributed by atoms with Gasteiger partial charge in [0.15, 0.2) is 33.4 Å². The van der Waals surface area contributed by atoms with E-state index in [1.807, 2.05) is 24.3 Å². The van der Waals surface area contributed by atoms with Gasteiger partial charge in [-0.15, -0.1) is 0 Å². The van der Waals surface area contributed by atoms with Crippen molar-refractivity contribution in [1.29, 1.82) is 0 Å². The molecule has 10 nitrogen and oxygen atoms in total. The normalized spacial score (nSPS) is 24.0. The molecule has 0 amide bonds. The van der Waals surface area contributed by atoms with Gasteiger partial charge in [-0.1, -0.05) is 258 Å². The van der Waals surface area contributed by atoms with E-state index >= 15 is 0 Å². The monoisotopic (exact) mass is 1600 g/mol. The molecule has 0 aromatic heterocycles. The van der Waals surface area contributed by atoms with E-state index in [2.05, 4.69) is 240 Å². The minimum absolute atomic E-state index is 0. The van der Waals surface area contributed by atoms with Crippen molar-refractivity contribution in [2.24, 2.45) is 47.3 Å². The van der Waals surface area contributed by atoms with Crippen LogP contribution in [0.5, 0.6) is 0 Å². The quantitative estimate of drug-likeness (QED) is 0.108. The van der Waals surface area contributed by atoms with Crippen LogP contribution < -0.4 is 149 Å². The largest absolute Gasteiger partial charge is 1.00 e. The summed E-state index contributed by atoms with van der Waals surface area (Å²) in [7, 11) is 2.35. The molecule has 1 N–H and O–H groups in total. The molecule has 0 saturated heterocycles. The summed E-state index contributed by atoms with van der Waals surface area (Å²) in [6.45, 7) is 5.70. The Morgan fingerprint density at radius 3 is 0.822 bits per heavy atom. The van der Waals surface area contributed by atoms with Crippen LogP contribution in [0.3, 0.4) is 0 Å². The Hall–Kier alpha value is -3.66. The maximum Gasteiger partial charge on any atom is 1.00 e. The number of thioether (sulfide) groups is 2. The van der Waals surface area contributed by atoms with Crippen LogP contribution in [-0.4, -0.2) is 86.4 Å². The SMILES string of the molecule is CC(=O)SCC(=O)C1=C2C=CC3=CC=CC4=CC=C(C=C1)C2C34.CC(=O)SCC(=O)C1=C2C=CC3=CC=CC4=CC=C(C=C1)C2C34.CC(=O)[S-].CO.COC(C)=O.O=C(CBr)C1=C2C=CC3=CC=CC4=CC=C(C=C1)C2C34.O=C(CS)C1=C2C=CC3=CC=CC4=CC=C(C=C1)C2C34.[Br-].[H-].[K+].[K+].[Na+]. The van der Waals surface area contributed by atoms with Gasteiger partial charge in [0.05, 0.1) is 29.7 Å². The van der Waals surface area contributed by atoms with Crippen LogP contribution in [0.15, 0.2) is 330 Å². The van der Waals surface area contributed by atoms with E-state index < -0.39 is 0 Å². The zero-order chi connectivity index (χ0) is 69.2. The van der Waals surface area contributed by atoms with Gasteiger partial charge in [-0.25, -0.2) is 0 Å². The first-order valence-corrected chi connectivity index (χ1v) is 35.9. The Morgan fingerprint density at radius 1 is 0.396 bits per heavy atom. The van der Waals surface area contributed by atoms with Gasteiger partial charge in [-0.2, -0.15) is 12.6 Å². The van der Waals surface area contributed by atoms with Crippen molar-refractivity contribution in [2.45, 2.75) is 27.7 Å². The van der Waals surface area contributed by atoms with E-state index in [1.165, 1.54) is 107 Å². The summed E-state index contributed by atoms with van der Waals surface area (Å²) in [5, 5.41) is 7.09. The number of esters is 1. The Labute approximate surface area is 739 Å². The van der Waals surface area contributed by atoms with Gasteiger partial charge < -0.3 is 45.7 Å². The minimum Gasteiger partial charge on any atom is -1.00 e. The molecule has 16 aliphatic carbocycles. The fourth-order valence-corrected chi connectivity index (χ4v) is 15.9. The van der Waals surface area contributed by atoms with Crippen molar-refractivity contribution in [3.8, 4) is 0 Å². The second-order valence-electron chi connectivity index (χ2n) is 24.1. The summed E-state index contributed by atoms with van der Waals surface area (Å²) in [6.07, 6.45) is 76.2. The molecule has 8 atom stereocenters. The summed E-state index contributed by atoms with van der Waals surface area (Å²) < 4.78 is 4.11. The average molecular weight is 1610 g/mol. The summed E-state index contributed by atoms with van der Waals surface area (Å²) >= 11 is 13.6. The van der Waals surface area contributed by atoms with Gasteiger partial charge >= 0.3 is 138 Å². The summed E-state index contributed by atoms with van der Waals surface area (Å²) in [5.41, 5.74) is 23.4. The van der Waals surface area contributed by atoms with Gasteiger partial charge in [0.25, 0.3) is 0 Å². The molecular weight excluding hydrogens is 1530 g/mol. The fourth-order valence-electron chi connectivity index (χ4n) is 14.5. The number of hydrogen-bond donors (Lipinski definition) is 2. The first-order chi connectivity index (χ1) is 46.9. The van der Waals surface area contributed by atoms with Crippen molar-refractivity contribution in [2.75, 3.05) is 36.8 Å². The number of ketones is 4. The molecule has 8 unspecified atom stereocenters. The molecular formula is C82H73Br2K2NaO10S4. The molecule has 0 bridgehead atoms. The van der Waals surface area contributed by atoms with Crippen LogP contribution >= 0.6 is 52.1 Å². The first kappa shape index (κ1) is 86.3. The Bertz CT molecular complexity index is 4190. The van der Waals surface area contributed by atoms with E-state index in [9.17, 15) is 38.4 Å². The number of alkyl halides is 1. The zero-order valence-electron chi connectivity index (χ0n) is 58.8. The molecule has 101 heavy (non-hydrogen) atoms. The van der Waals surface area contributed by atoms with Crippen LogP contribution in [0.2, 0.25) is 0 Å². The number of carbonyl (C=O) groups is 8. The Morgan fingerprint density at radius 2 is 0.604 bits per heavy atom. The van der Waals surface area contributed by atoms with Crippen molar-refractivity contribution in [1.82, 2.24) is 0 Å². The summed E-state index contributed by atoms with van der Waals surface area (Å²) in [5.74, 6) is 3.21. The molecule has 0 aliphatic heterocycles. The Balaban J connectivity index is 0.000000230. The van der Waals surface area contributed by atoms with Gasteiger partial charge in [0.1, 0.15) is 0 Å². The third kappa shape index (κ3) is 19.8. The molecule has 16 rings (SSSR count). The first-order valence-electron chi connectivity index (χ1n) is 31.7. The Kier molecular flexibility index (Phi) is 34.5. The van der Waals surface area contributed by atoms with E-state index in [1.54, 1.807) is 0 Å². The van der Waals surface area contributed by atoms with E-state index in [0.29, 0.717) is 40.8 Å². The number of ether oxygens (including phenoxy) is 1. The molecule has 0 aromatic carbocycles. The van der Waals surface area contributed by atoms with Gasteiger partial charge in [0, 0.05) is 103 Å². The summed E-state index contributed by atoms with van der Waals surface area (Å²) in [6, 6.07) is 0.